The van der Waals surface area contributed by atoms with Crippen LogP contribution in [0, 0.1) is 6.92 Å². The highest BCUT2D eigenvalue weighted by Gasteiger charge is 2.31. The zero-order chi connectivity index (χ0) is 18.0. The molecule has 8 heteroatoms. The fourth-order valence-electron chi connectivity index (χ4n) is 2.87. The molecule has 1 saturated heterocycles. The van der Waals surface area contributed by atoms with E-state index in [0.717, 1.165) is 11.3 Å². The molecular weight excluding hydrogens is 360 g/mol. The molecule has 6 nitrogen and oxygen atoms in total. The normalized spacial score (nSPS) is 18.9. The van der Waals surface area contributed by atoms with E-state index in [-0.39, 0.29) is 17.5 Å². The van der Waals surface area contributed by atoms with Gasteiger partial charge in [0.25, 0.3) is 0 Å². The van der Waals surface area contributed by atoms with Crippen LogP contribution in [0.4, 0.5) is 11.8 Å². The Bertz CT molecular complexity index is 873. The summed E-state index contributed by atoms with van der Waals surface area (Å²) in [6.07, 6.45) is 0.610. The number of hydrogen-bond donors (Lipinski definition) is 1. The maximum atomic E-state index is 11.7. The summed E-state index contributed by atoms with van der Waals surface area (Å²) in [7, 11) is -1.10. The van der Waals surface area contributed by atoms with Crippen LogP contribution >= 0.6 is 11.6 Å². The molecule has 0 aliphatic carbocycles. The lowest BCUT2D eigenvalue weighted by Gasteiger charge is -2.24. The van der Waals surface area contributed by atoms with Crippen molar-refractivity contribution in [2.45, 2.75) is 25.9 Å². The Labute approximate surface area is 153 Å². The lowest BCUT2D eigenvalue weighted by atomic mass is 10.2. The first-order chi connectivity index (χ1) is 11.8. The Morgan fingerprint density at radius 2 is 2.08 bits per heavy atom. The molecule has 1 aromatic heterocycles. The Balaban J connectivity index is 1.75. The number of nitrogens with zero attached hydrogens (tertiary/aromatic N) is 3. The molecule has 1 aromatic carbocycles. The standard InChI is InChI=1S/C17H21ClN4O2S/c1-12-9-16(19-10-13-5-3-4-6-15(13)18)21-17(20-12)22(2)14-7-8-25(23,24)11-14/h3-6,9,14H,7-8,10-11H2,1-2H3,(H,19,20,21). The highest BCUT2D eigenvalue weighted by atomic mass is 35.5. The van der Waals surface area contributed by atoms with Gasteiger partial charge in [-0.25, -0.2) is 13.4 Å². The molecule has 0 amide bonds. The van der Waals surface area contributed by atoms with Crippen molar-refractivity contribution in [3.05, 3.63) is 46.6 Å². The van der Waals surface area contributed by atoms with Gasteiger partial charge in [0.05, 0.1) is 11.5 Å². The monoisotopic (exact) mass is 380 g/mol. The zero-order valence-electron chi connectivity index (χ0n) is 14.2. The van der Waals surface area contributed by atoms with Crippen molar-refractivity contribution < 1.29 is 8.42 Å². The minimum absolute atomic E-state index is 0.0804. The van der Waals surface area contributed by atoms with Crippen molar-refractivity contribution in [1.29, 1.82) is 0 Å². The summed E-state index contributed by atoms with van der Waals surface area (Å²) >= 11 is 6.18. The number of anilines is 2. The van der Waals surface area contributed by atoms with Crippen LogP contribution in [0.15, 0.2) is 30.3 Å². The van der Waals surface area contributed by atoms with Gasteiger partial charge in [-0.05, 0) is 25.0 Å². The minimum atomic E-state index is -2.95. The molecule has 3 rings (SSSR count). The van der Waals surface area contributed by atoms with Crippen LogP contribution in [0.25, 0.3) is 0 Å². The van der Waals surface area contributed by atoms with Crippen molar-refractivity contribution in [3.63, 3.8) is 0 Å². The molecule has 1 aliphatic heterocycles. The summed E-state index contributed by atoms with van der Waals surface area (Å²) < 4.78 is 23.4. The van der Waals surface area contributed by atoms with Gasteiger partial charge in [-0.15, -0.1) is 0 Å². The van der Waals surface area contributed by atoms with Gasteiger partial charge in [-0.1, -0.05) is 29.8 Å². The van der Waals surface area contributed by atoms with E-state index in [1.165, 1.54) is 0 Å². The number of aryl methyl sites for hydroxylation is 1. The number of aromatic nitrogens is 2. The van der Waals surface area contributed by atoms with E-state index >= 15 is 0 Å². The van der Waals surface area contributed by atoms with Crippen LogP contribution in [0.5, 0.6) is 0 Å². The fraction of sp³-hybridized carbons (Fsp3) is 0.412. The quantitative estimate of drug-likeness (QED) is 0.859. The summed E-state index contributed by atoms with van der Waals surface area (Å²) in [6.45, 7) is 2.45. The lowest BCUT2D eigenvalue weighted by Crippen LogP contribution is -2.34. The predicted molar refractivity (Wildman–Crippen MR) is 101 cm³/mol. The van der Waals surface area contributed by atoms with E-state index in [1.54, 1.807) is 0 Å². The Kier molecular flexibility index (Phi) is 5.15. The van der Waals surface area contributed by atoms with E-state index < -0.39 is 9.84 Å². The SMILES string of the molecule is Cc1cc(NCc2ccccc2Cl)nc(N(C)C2CCS(=O)(=O)C2)n1. The van der Waals surface area contributed by atoms with Gasteiger partial charge < -0.3 is 10.2 Å². The van der Waals surface area contributed by atoms with E-state index in [0.29, 0.717) is 29.8 Å². The molecular formula is C17H21ClN4O2S. The van der Waals surface area contributed by atoms with Crippen molar-refractivity contribution in [3.8, 4) is 0 Å². The average molecular weight is 381 g/mol. The average Bonchev–Trinajstić information content (AvgIpc) is 2.93. The number of sulfone groups is 1. The predicted octanol–water partition coefficient (Wildman–Crippen LogP) is 2.67. The van der Waals surface area contributed by atoms with Crippen molar-refractivity contribution in [2.24, 2.45) is 0 Å². The molecule has 0 bridgehead atoms. The van der Waals surface area contributed by atoms with E-state index in [9.17, 15) is 8.42 Å². The topological polar surface area (TPSA) is 75.2 Å². The van der Waals surface area contributed by atoms with Gasteiger partial charge in [0.15, 0.2) is 9.84 Å². The molecule has 1 N–H and O–H groups in total. The van der Waals surface area contributed by atoms with Crippen molar-refractivity contribution in [1.82, 2.24) is 9.97 Å². The van der Waals surface area contributed by atoms with Gasteiger partial charge in [0.1, 0.15) is 5.82 Å². The maximum absolute atomic E-state index is 11.7. The number of hydrogen-bond acceptors (Lipinski definition) is 6. The molecule has 2 aromatic rings. The summed E-state index contributed by atoms with van der Waals surface area (Å²) in [5, 5.41) is 3.97. The first-order valence-electron chi connectivity index (χ1n) is 8.10. The maximum Gasteiger partial charge on any atom is 0.227 e. The molecule has 1 unspecified atom stereocenters. The third kappa shape index (κ3) is 4.41. The van der Waals surface area contributed by atoms with Crippen LogP contribution in [0.3, 0.4) is 0 Å². The van der Waals surface area contributed by atoms with E-state index in [1.807, 2.05) is 49.2 Å². The second-order valence-electron chi connectivity index (χ2n) is 6.31. The molecule has 25 heavy (non-hydrogen) atoms. The number of halogens is 1. The van der Waals surface area contributed by atoms with E-state index in [4.69, 9.17) is 11.6 Å². The molecule has 0 spiro atoms. The molecule has 134 valence electrons. The Morgan fingerprint density at radius 1 is 1.32 bits per heavy atom. The smallest absolute Gasteiger partial charge is 0.227 e. The number of rotatable bonds is 5. The second kappa shape index (κ2) is 7.17. The first-order valence-corrected chi connectivity index (χ1v) is 10.3. The van der Waals surface area contributed by atoms with Gasteiger partial charge in [-0.2, -0.15) is 4.98 Å². The zero-order valence-corrected chi connectivity index (χ0v) is 15.8. The summed E-state index contributed by atoms with van der Waals surface area (Å²) in [4.78, 5) is 10.8. The Morgan fingerprint density at radius 3 is 2.76 bits per heavy atom. The highest BCUT2D eigenvalue weighted by molar-refractivity contribution is 7.91. The Hall–Kier alpha value is -1.86. The molecule has 1 fully saturated rings. The molecule has 0 saturated carbocycles. The molecule has 2 heterocycles. The van der Waals surface area contributed by atoms with Crippen LogP contribution in [-0.4, -0.2) is 43.0 Å². The number of benzene rings is 1. The number of nitrogens with one attached hydrogen (secondary N) is 1. The highest BCUT2D eigenvalue weighted by Crippen LogP contribution is 2.22. The van der Waals surface area contributed by atoms with Crippen LogP contribution in [0.2, 0.25) is 5.02 Å². The molecule has 0 radical (unpaired) electrons. The van der Waals surface area contributed by atoms with Gasteiger partial charge in [-0.3, -0.25) is 0 Å². The van der Waals surface area contributed by atoms with Crippen LogP contribution in [0.1, 0.15) is 17.7 Å². The summed E-state index contributed by atoms with van der Waals surface area (Å²) in [6, 6.07) is 9.42. The lowest BCUT2D eigenvalue weighted by molar-refractivity contribution is 0.600. The van der Waals surface area contributed by atoms with Crippen molar-refractivity contribution >= 4 is 33.2 Å². The first kappa shape index (κ1) is 17.9. The van der Waals surface area contributed by atoms with Crippen molar-refractivity contribution in [2.75, 3.05) is 28.8 Å². The fourth-order valence-corrected chi connectivity index (χ4v) is 4.85. The van der Waals surface area contributed by atoms with Gasteiger partial charge in [0, 0.05) is 36.4 Å². The van der Waals surface area contributed by atoms with Crippen LogP contribution in [-0.2, 0) is 16.4 Å². The summed E-state index contributed by atoms with van der Waals surface area (Å²) in [5.41, 5.74) is 1.80. The summed E-state index contributed by atoms with van der Waals surface area (Å²) in [5.74, 6) is 1.60. The van der Waals surface area contributed by atoms with Gasteiger partial charge in [0.2, 0.25) is 5.95 Å². The van der Waals surface area contributed by atoms with Crippen LogP contribution < -0.4 is 10.2 Å². The van der Waals surface area contributed by atoms with Gasteiger partial charge >= 0.3 is 0 Å². The minimum Gasteiger partial charge on any atom is -0.366 e. The molecule has 1 atom stereocenters. The molecule has 1 aliphatic rings. The largest absolute Gasteiger partial charge is 0.366 e. The second-order valence-corrected chi connectivity index (χ2v) is 8.94. The third-order valence-corrected chi connectivity index (χ3v) is 6.45. The van der Waals surface area contributed by atoms with E-state index in [2.05, 4.69) is 15.3 Å². The third-order valence-electron chi connectivity index (χ3n) is 4.33.